The molecule has 27 heavy (non-hydrogen) atoms. The van der Waals surface area contributed by atoms with E-state index in [9.17, 15) is 9.59 Å². The van der Waals surface area contributed by atoms with Crippen LogP contribution in [0.3, 0.4) is 0 Å². The van der Waals surface area contributed by atoms with Crippen molar-refractivity contribution in [1.82, 2.24) is 10.2 Å². The molecule has 7 nitrogen and oxygen atoms in total. The van der Waals surface area contributed by atoms with E-state index in [2.05, 4.69) is 26.1 Å². The van der Waals surface area contributed by atoms with Crippen molar-refractivity contribution in [3.8, 4) is 0 Å². The number of amides is 2. The lowest BCUT2D eigenvalue weighted by molar-refractivity contribution is -0.114. The summed E-state index contributed by atoms with van der Waals surface area (Å²) in [7, 11) is 0. The Labute approximate surface area is 156 Å². The molecule has 0 fully saturated rings. The van der Waals surface area contributed by atoms with Crippen molar-refractivity contribution in [1.29, 1.82) is 0 Å². The smallest absolute Gasteiger partial charge is 0.276 e. The summed E-state index contributed by atoms with van der Waals surface area (Å²) < 4.78 is 0. The van der Waals surface area contributed by atoms with Gasteiger partial charge in [0, 0.05) is 24.0 Å². The van der Waals surface area contributed by atoms with Gasteiger partial charge in [-0.3, -0.25) is 9.59 Å². The van der Waals surface area contributed by atoms with E-state index in [0.29, 0.717) is 17.2 Å². The molecule has 1 aromatic heterocycles. The molecule has 0 bridgehead atoms. The first-order valence-corrected chi connectivity index (χ1v) is 8.36. The summed E-state index contributed by atoms with van der Waals surface area (Å²) in [6, 6.07) is 18.0. The van der Waals surface area contributed by atoms with E-state index < -0.39 is 0 Å². The molecular formula is C20H19N5O2. The summed E-state index contributed by atoms with van der Waals surface area (Å²) in [6.07, 6.45) is 0. The van der Waals surface area contributed by atoms with Crippen LogP contribution in [-0.2, 0) is 4.79 Å². The molecule has 0 saturated heterocycles. The predicted molar refractivity (Wildman–Crippen MR) is 105 cm³/mol. The second kappa shape index (κ2) is 8.09. The van der Waals surface area contributed by atoms with Gasteiger partial charge in [-0.05, 0) is 48.9 Å². The number of carbonyl (C=O) groups excluding carboxylic acids is 2. The number of benzene rings is 2. The Hall–Kier alpha value is -3.74. The predicted octanol–water partition coefficient (Wildman–Crippen LogP) is 3.74. The van der Waals surface area contributed by atoms with Crippen molar-refractivity contribution < 1.29 is 9.59 Å². The van der Waals surface area contributed by atoms with E-state index in [1.54, 1.807) is 36.4 Å². The summed E-state index contributed by atoms with van der Waals surface area (Å²) in [5, 5.41) is 16.6. The van der Waals surface area contributed by atoms with Crippen LogP contribution in [0, 0.1) is 6.92 Å². The number of carbonyl (C=O) groups is 2. The first-order chi connectivity index (χ1) is 13.0. The fourth-order valence-electron chi connectivity index (χ4n) is 2.44. The highest BCUT2D eigenvalue weighted by molar-refractivity contribution is 6.03. The van der Waals surface area contributed by atoms with Gasteiger partial charge >= 0.3 is 0 Å². The molecule has 0 saturated carbocycles. The third-order valence-corrected chi connectivity index (χ3v) is 3.75. The topological polar surface area (TPSA) is 96.0 Å². The Bertz CT molecular complexity index is 970. The summed E-state index contributed by atoms with van der Waals surface area (Å²) >= 11 is 0. The van der Waals surface area contributed by atoms with Gasteiger partial charge in [0.1, 0.15) is 0 Å². The molecule has 1 heterocycles. The van der Waals surface area contributed by atoms with Crippen LogP contribution in [0.15, 0.2) is 60.7 Å². The van der Waals surface area contributed by atoms with E-state index in [4.69, 9.17) is 0 Å². The van der Waals surface area contributed by atoms with E-state index in [1.165, 1.54) is 6.92 Å². The molecule has 0 spiro atoms. The van der Waals surface area contributed by atoms with Gasteiger partial charge < -0.3 is 16.0 Å². The van der Waals surface area contributed by atoms with Gasteiger partial charge in [0.25, 0.3) is 5.91 Å². The number of aromatic nitrogens is 2. The number of nitrogens with one attached hydrogen (secondary N) is 3. The number of nitrogens with zero attached hydrogens (tertiary/aromatic N) is 2. The average Bonchev–Trinajstić information content (AvgIpc) is 2.64. The number of aryl methyl sites for hydroxylation is 1. The standard InChI is InChI=1S/C20H19N5O2/c1-13-6-3-4-9-17(13)23-19-11-10-18(24-25-19)20(27)22-16-8-5-7-15(12-16)21-14(2)26/h3-12H,1-2H3,(H,21,26)(H,22,27)(H,23,25). The lowest BCUT2D eigenvalue weighted by atomic mass is 10.2. The third kappa shape index (κ3) is 4.88. The SMILES string of the molecule is CC(=O)Nc1cccc(NC(=O)c2ccc(Nc3ccccc3C)nn2)c1. The van der Waals surface area contributed by atoms with Crippen molar-refractivity contribution in [3.05, 3.63) is 71.9 Å². The number of para-hydroxylation sites is 1. The molecule has 7 heteroatoms. The average molecular weight is 361 g/mol. The van der Waals surface area contributed by atoms with E-state index in [0.717, 1.165) is 11.3 Å². The van der Waals surface area contributed by atoms with Crippen LogP contribution in [0.2, 0.25) is 0 Å². The van der Waals surface area contributed by atoms with Gasteiger partial charge in [0.15, 0.2) is 11.5 Å². The molecule has 0 unspecified atom stereocenters. The number of hydrogen-bond acceptors (Lipinski definition) is 5. The monoisotopic (exact) mass is 361 g/mol. The first-order valence-electron chi connectivity index (χ1n) is 8.36. The zero-order valence-corrected chi connectivity index (χ0v) is 15.0. The molecule has 136 valence electrons. The summed E-state index contributed by atoms with van der Waals surface area (Å²) in [6.45, 7) is 3.42. The zero-order valence-electron chi connectivity index (χ0n) is 15.0. The Morgan fingerprint density at radius 2 is 1.59 bits per heavy atom. The largest absolute Gasteiger partial charge is 0.339 e. The van der Waals surface area contributed by atoms with Crippen LogP contribution in [0.1, 0.15) is 23.0 Å². The Morgan fingerprint density at radius 3 is 2.26 bits per heavy atom. The minimum absolute atomic E-state index is 0.180. The van der Waals surface area contributed by atoms with Crippen LogP contribution >= 0.6 is 0 Å². The fourth-order valence-corrected chi connectivity index (χ4v) is 2.44. The van der Waals surface area contributed by atoms with E-state index in [1.807, 2.05) is 31.2 Å². The number of rotatable bonds is 5. The minimum Gasteiger partial charge on any atom is -0.339 e. The van der Waals surface area contributed by atoms with Crippen LogP contribution in [0.25, 0.3) is 0 Å². The molecule has 3 aromatic rings. The van der Waals surface area contributed by atoms with Crippen molar-refractivity contribution in [2.75, 3.05) is 16.0 Å². The highest BCUT2D eigenvalue weighted by Crippen LogP contribution is 2.19. The molecule has 3 rings (SSSR count). The highest BCUT2D eigenvalue weighted by atomic mass is 16.2. The van der Waals surface area contributed by atoms with E-state index >= 15 is 0 Å². The summed E-state index contributed by atoms with van der Waals surface area (Å²) in [5.41, 5.74) is 3.36. The Kier molecular flexibility index (Phi) is 5.41. The lowest BCUT2D eigenvalue weighted by Gasteiger charge is -2.09. The number of hydrogen-bond donors (Lipinski definition) is 3. The summed E-state index contributed by atoms with van der Waals surface area (Å²) in [5.74, 6) is -0.0143. The van der Waals surface area contributed by atoms with Gasteiger partial charge in [-0.25, -0.2) is 0 Å². The van der Waals surface area contributed by atoms with Gasteiger partial charge in [0.2, 0.25) is 5.91 Å². The Balaban J connectivity index is 1.67. The van der Waals surface area contributed by atoms with Gasteiger partial charge in [-0.15, -0.1) is 10.2 Å². The van der Waals surface area contributed by atoms with Crippen LogP contribution < -0.4 is 16.0 Å². The molecule has 2 aromatic carbocycles. The van der Waals surface area contributed by atoms with Crippen LogP contribution in [0.4, 0.5) is 22.9 Å². The molecule has 0 radical (unpaired) electrons. The molecule has 0 aliphatic carbocycles. The second-order valence-corrected chi connectivity index (χ2v) is 5.96. The van der Waals surface area contributed by atoms with Crippen molar-refractivity contribution in [2.24, 2.45) is 0 Å². The molecule has 0 aliphatic heterocycles. The van der Waals surface area contributed by atoms with Crippen molar-refractivity contribution in [3.63, 3.8) is 0 Å². The first kappa shape index (κ1) is 18.1. The quantitative estimate of drug-likeness (QED) is 0.643. The number of anilines is 4. The molecule has 3 N–H and O–H groups in total. The maximum atomic E-state index is 12.3. The van der Waals surface area contributed by atoms with Crippen molar-refractivity contribution >= 4 is 34.7 Å². The highest BCUT2D eigenvalue weighted by Gasteiger charge is 2.10. The maximum Gasteiger partial charge on any atom is 0.276 e. The zero-order chi connectivity index (χ0) is 19.2. The molecule has 0 atom stereocenters. The molecule has 0 aliphatic rings. The molecule has 2 amide bonds. The van der Waals surface area contributed by atoms with Gasteiger partial charge in [-0.2, -0.15) is 0 Å². The summed E-state index contributed by atoms with van der Waals surface area (Å²) in [4.78, 5) is 23.5. The van der Waals surface area contributed by atoms with Gasteiger partial charge in [0.05, 0.1) is 0 Å². The maximum absolute atomic E-state index is 12.3. The normalized spacial score (nSPS) is 10.1. The molecular weight excluding hydrogens is 342 g/mol. The minimum atomic E-state index is -0.384. The van der Waals surface area contributed by atoms with Crippen LogP contribution in [0.5, 0.6) is 0 Å². The van der Waals surface area contributed by atoms with E-state index in [-0.39, 0.29) is 17.5 Å². The third-order valence-electron chi connectivity index (χ3n) is 3.75. The Morgan fingerprint density at radius 1 is 0.852 bits per heavy atom. The van der Waals surface area contributed by atoms with Crippen LogP contribution in [-0.4, -0.2) is 22.0 Å². The van der Waals surface area contributed by atoms with Gasteiger partial charge in [-0.1, -0.05) is 24.3 Å². The fraction of sp³-hybridized carbons (Fsp3) is 0.100. The van der Waals surface area contributed by atoms with Crippen molar-refractivity contribution in [2.45, 2.75) is 13.8 Å². The second-order valence-electron chi connectivity index (χ2n) is 5.96. The lowest BCUT2D eigenvalue weighted by Crippen LogP contribution is -2.15.